The largest absolute Gasteiger partial charge is 0.497 e. The lowest BCUT2D eigenvalue weighted by Gasteiger charge is -2.10. The summed E-state index contributed by atoms with van der Waals surface area (Å²) in [6, 6.07) is 21.8. The number of nitrogens with zero attached hydrogens (tertiary/aromatic N) is 2. The lowest BCUT2D eigenvalue weighted by Crippen LogP contribution is -2.33. The number of aliphatic imine (C=N–C) groups is 1. The molecule has 0 unspecified atom stereocenters. The van der Waals surface area contributed by atoms with Crippen molar-refractivity contribution in [3.63, 3.8) is 0 Å². The van der Waals surface area contributed by atoms with Gasteiger partial charge >= 0.3 is 0 Å². The van der Waals surface area contributed by atoms with Gasteiger partial charge in [0, 0.05) is 18.3 Å². The number of ether oxygens (including phenoxy) is 2. The molecule has 1 heterocycles. The summed E-state index contributed by atoms with van der Waals surface area (Å²) in [5.41, 5.74) is 9.19. The number of nitrogens with one attached hydrogen (secondary N) is 1. The molecule has 6 nitrogen and oxygen atoms in total. The molecule has 0 atom stereocenters. The van der Waals surface area contributed by atoms with E-state index >= 15 is 0 Å². The van der Waals surface area contributed by atoms with Crippen LogP contribution in [0.4, 0.5) is 0 Å². The second-order valence-electron chi connectivity index (χ2n) is 6.47. The number of nitrogens with two attached hydrogens (primary N) is 1. The van der Waals surface area contributed by atoms with Gasteiger partial charge in [0.1, 0.15) is 12.4 Å². The Morgan fingerprint density at radius 3 is 2.55 bits per heavy atom. The lowest BCUT2D eigenvalue weighted by molar-refractivity contribution is 0.290. The van der Waals surface area contributed by atoms with Crippen molar-refractivity contribution in [2.75, 3.05) is 13.7 Å². The second-order valence-corrected chi connectivity index (χ2v) is 6.47. The van der Waals surface area contributed by atoms with E-state index in [0.717, 1.165) is 23.3 Å². The molecular formula is C23H26N4O2. The average Bonchev–Trinajstić information content (AvgIpc) is 2.78. The first-order valence-corrected chi connectivity index (χ1v) is 9.52. The molecular weight excluding hydrogens is 364 g/mol. The number of hydrogen-bond donors (Lipinski definition) is 2. The number of rotatable bonds is 9. The van der Waals surface area contributed by atoms with Crippen LogP contribution in [0.2, 0.25) is 0 Å². The van der Waals surface area contributed by atoms with E-state index < -0.39 is 0 Å². The van der Waals surface area contributed by atoms with E-state index in [-0.39, 0.29) is 0 Å². The summed E-state index contributed by atoms with van der Waals surface area (Å²) in [7, 11) is 1.66. The van der Waals surface area contributed by atoms with Crippen molar-refractivity contribution >= 4 is 5.96 Å². The number of pyridine rings is 1. The molecule has 0 bridgehead atoms. The van der Waals surface area contributed by atoms with Gasteiger partial charge in [0.25, 0.3) is 0 Å². The summed E-state index contributed by atoms with van der Waals surface area (Å²) in [6.07, 6.45) is 2.56. The molecule has 3 aromatic rings. The minimum atomic E-state index is 0.399. The predicted molar refractivity (Wildman–Crippen MR) is 115 cm³/mol. The predicted octanol–water partition coefficient (Wildman–Crippen LogP) is 3.32. The standard InChI is InChI=1S/C23H26N4O2/c1-28-21-11-9-18(10-12-21)13-15-26-23(24)27-16-20-8-5-14-25-22(20)29-17-19-6-3-2-4-7-19/h2-12,14H,13,15-17H2,1H3,(H3,24,26,27). The fraction of sp³-hybridized carbons (Fsp3) is 0.217. The van der Waals surface area contributed by atoms with Crippen molar-refractivity contribution in [3.8, 4) is 11.6 Å². The molecule has 0 fully saturated rings. The van der Waals surface area contributed by atoms with E-state index in [9.17, 15) is 0 Å². The topological polar surface area (TPSA) is 81.8 Å². The van der Waals surface area contributed by atoms with Gasteiger partial charge in [0.05, 0.1) is 13.7 Å². The Kier molecular flexibility index (Phi) is 7.46. The van der Waals surface area contributed by atoms with E-state index in [1.165, 1.54) is 5.56 Å². The van der Waals surface area contributed by atoms with Gasteiger partial charge in [0.15, 0.2) is 5.96 Å². The van der Waals surface area contributed by atoms with Gasteiger partial charge in [-0.25, -0.2) is 9.98 Å². The molecule has 0 saturated heterocycles. The van der Waals surface area contributed by atoms with Gasteiger partial charge in [-0.1, -0.05) is 48.5 Å². The Balaban J connectivity index is 1.49. The smallest absolute Gasteiger partial charge is 0.218 e. The van der Waals surface area contributed by atoms with E-state index in [4.69, 9.17) is 15.2 Å². The molecule has 6 heteroatoms. The van der Waals surface area contributed by atoms with Crippen LogP contribution < -0.4 is 20.5 Å². The highest BCUT2D eigenvalue weighted by Crippen LogP contribution is 2.17. The summed E-state index contributed by atoms with van der Waals surface area (Å²) in [5, 5.41) is 3.14. The first-order valence-electron chi connectivity index (χ1n) is 9.52. The highest BCUT2D eigenvalue weighted by Gasteiger charge is 2.05. The molecule has 0 saturated carbocycles. The highest BCUT2D eigenvalue weighted by molar-refractivity contribution is 5.77. The molecule has 1 aromatic heterocycles. The highest BCUT2D eigenvalue weighted by atomic mass is 16.5. The summed E-state index contributed by atoms with van der Waals surface area (Å²) in [6.45, 7) is 1.57. The van der Waals surface area contributed by atoms with Crippen LogP contribution in [-0.2, 0) is 19.6 Å². The minimum Gasteiger partial charge on any atom is -0.497 e. The molecule has 2 aromatic carbocycles. The van der Waals surface area contributed by atoms with Crippen LogP contribution in [0.3, 0.4) is 0 Å². The van der Waals surface area contributed by atoms with Crippen LogP contribution >= 0.6 is 0 Å². The molecule has 3 rings (SSSR count). The van der Waals surface area contributed by atoms with Crippen molar-refractivity contribution < 1.29 is 9.47 Å². The third kappa shape index (κ3) is 6.53. The molecule has 0 amide bonds. The number of aromatic nitrogens is 1. The van der Waals surface area contributed by atoms with Gasteiger partial charge in [-0.3, -0.25) is 0 Å². The second kappa shape index (κ2) is 10.7. The van der Waals surface area contributed by atoms with Crippen molar-refractivity contribution in [3.05, 3.63) is 89.6 Å². The summed E-state index contributed by atoms with van der Waals surface area (Å²) < 4.78 is 11.0. The van der Waals surface area contributed by atoms with Crippen LogP contribution in [0.5, 0.6) is 11.6 Å². The Hall–Kier alpha value is -3.54. The SMILES string of the molecule is COc1ccc(CCNC(N)=NCc2cccnc2OCc2ccccc2)cc1. The summed E-state index contributed by atoms with van der Waals surface area (Å²) in [4.78, 5) is 8.74. The molecule has 0 aliphatic heterocycles. The maximum atomic E-state index is 6.00. The molecule has 0 aliphatic carbocycles. The molecule has 150 valence electrons. The number of benzene rings is 2. The van der Waals surface area contributed by atoms with Gasteiger partial charge in [-0.05, 0) is 35.7 Å². The van der Waals surface area contributed by atoms with Crippen molar-refractivity contribution in [2.24, 2.45) is 10.7 Å². The maximum Gasteiger partial charge on any atom is 0.218 e. The zero-order valence-electron chi connectivity index (χ0n) is 16.5. The van der Waals surface area contributed by atoms with E-state index in [2.05, 4.69) is 15.3 Å². The monoisotopic (exact) mass is 390 g/mol. The number of methoxy groups -OCH3 is 1. The first kappa shape index (κ1) is 20.2. The number of guanidine groups is 1. The zero-order valence-corrected chi connectivity index (χ0v) is 16.5. The Morgan fingerprint density at radius 2 is 1.79 bits per heavy atom. The Morgan fingerprint density at radius 1 is 1.00 bits per heavy atom. The normalized spacial score (nSPS) is 11.1. The zero-order chi connectivity index (χ0) is 20.3. The van der Waals surface area contributed by atoms with Crippen molar-refractivity contribution in [1.82, 2.24) is 10.3 Å². The summed E-state index contributed by atoms with van der Waals surface area (Å²) >= 11 is 0. The maximum absolute atomic E-state index is 6.00. The first-order chi connectivity index (χ1) is 14.2. The molecule has 0 aliphatic rings. The molecule has 0 spiro atoms. The van der Waals surface area contributed by atoms with Gasteiger partial charge < -0.3 is 20.5 Å². The fourth-order valence-electron chi connectivity index (χ4n) is 2.75. The van der Waals surface area contributed by atoms with Gasteiger partial charge in [-0.15, -0.1) is 0 Å². The minimum absolute atomic E-state index is 0.399. The average molecular weight is 390 g/mol. The van der Waals surface area contributed by atoms with E-state index in [1.54, 1.807) is 13.3 Å². The molecule has 3 N–H and O–H groups in total. The Labute approximate surface area is 171 Å². The molecule has 29 heavy (non-hydrogen) atoms. The fourth-order valence-corrected chi connectivity index (χ4v) is 2.75. The van der Waals surface area contributed by atoms with Crippen LogP contribution in [0.1, 0.15) is 16.7 Å². The van der Waals surface area contributed by atoms with Crippen LogP contribution in [0, 0.1) is 0 Å². The lowest BCUT2D eigenvalue weighted by atomic mass is 10.1. The van der Waals surface area contributed by atoms with E-state index in [1.807, 2.05) is 66.7 Å². The van der Waals surface area contributed by atoms with Crippen molar-refractivity contribution in [2.45, 2.75) is 19.6 Å². The van der Waals surface area contributed by atoms with Crippen LogP contribution in [0.15, 0.2) is 77.9 Å². The quantitative estimate of drug-likeness (QED) is 0.433. The summed E-state index contributed by atoms with van der Waals surface area (Å²) in [5.74, 6) is 1.83. The van der Waals surface area contributed by atoms with Crippen molar-refractivity contribution in [1.29, 1.82) is 0 Å². The van der Waals surface area contributed by atoms with Gasteiger partial charge in [-0.2, -0.15) is 0 Å². The van der Waals surface area contributed by atoms with Gasteiger partial charge in [0.2, 0.25) is 5.88 Å². The third-order valence-corrected chi connectivity index (χ3v) is 4.37. The Bertz CT molecular complexity index is 912. The number of hydrogen-bond acceptors (Lipinski definition) is 4. The molecule has 0 radical (unpaired) electrons. The van der Waals surface area contributed by atoms with Crippen LogP contribution in [0.25, 0.3) is 0 Å². The third-order valence-electron chi connectivity index (χ3n) is 4.37. The van der Waals surface area contributed by atoms with Crippen LogP contribution in [-0.4, -0.2) is 24.6 Å². The van der Waals surface area contributed by atoms with E-state index in [0.29, 0.717) is 31.5 Å².